The number of likely N-dealkylation sites (N-methyl/N-ethyl adjacent to an activating group) is 1. The van der Waals surface area contributed by atoms with Gasteiger partial charge in [-0.2, -0.15) is 0 Å². The SMILES string of the molecule is COc1cccc(CN(C)CC(=O)NC2CCOc3ccccc32)c1. The van der Waals surface area contributed by atoms with Crippen LogP contribution in [-0.2, 0) is 11.3 Å². The van der Waals surface area contributed by atoms with Gasteiger partial charge in [0.1, 0.15) is 11.5 Å². The van der Waals surface area contributed by atoms with Crippen molar-refractivity contribution < 1.29 is 14.3 Å². The standard InChI is InChI=1S/C20H24N2O3/c1-22(13-15-6-5-7-16(12-15)24-2)14-20(23)21-18-10-11-25-19-9-4-3-8-17(18)19/h3-9,12,18H,10-11,13-14H2,1-2H3,(H,21,23). The molecule has 3 rings (SSSR count). The first kappa shape index (κ1) is 17.3. The number of ether oxygens (including phenoxy) is 2. The molecule has 0 aromatic heterocycles. The van der Waals surface area contributed by atoms with Crippen molar-refractivity contribution in [3.05, 3.63) is 59.7 Å². The van der Waals surface area contributed by atoms with Crippen LogP contribution in [-0.4, -0.2) is 38.1 Å². The predicted molar refractivity (Wildman–Crippen MR) is 96.8 cm³/mol. The third-order valence-electron chi connectivity index (χ3n) is 4.29. The number of rotatable bonds is 6. The molecule has 1 atom stereocenters. The summed E-state index contributed by atoms with van der Waals surface area (Å²) in [4.78, 5) is 14.4. The Hall–Kier alpha value is -2.53. The molecule has 0 aliphatic carbocycles. The lowest BCUT2D eigenvalue weighted by molar-refractivity contribution is -0.123. The average molecular weight is 340 g/mol. The molecule has 5 heteroatoms. The van der Waals surface area contributed by atoms with Gasteiger partial charge in [-0.1, -0.05) is 30.3 Å². The largest absolute Gasteiger partial charge is 0.497 e. The lowest BCUT2D eigenvalue weighted by Crippen LogP contribution is -2.38. The van der Waals surface area contributed by atoms with Crippen LogP contribution in [0, 0.1) is 0 Å². The molecule has 1 amide bonds. The molecule has 0 spiro atoms. The van der Waals surface area contributed by atoms with Crippen molar-refractivity contribution in [2.24, 2.45) is 0 Å². The van der Waals surface area contributed by atoms with E-state index >= 15 is 0 Å². The maximum absolute atomic E-state index is 12.4. The molecular formula is C20H24N2O3. The quantitative estimate of drug-likeness (QED) is 0.878. The Balaban J connectivity index is 1.56. The van der Waals surface area contributed by atoms with Crippen molar-refractivity contribution in [1.29, 1.82) is 0 Å². The van der Waals surface area contributed by atoms with E-state index in [0.717, 1.165) is 29.0 Å². The lowest BCUT2D eigenvalue weighted by atomic mass is 10.0. The minimum atomic E-state index is 0.0164. The van der Waals surface area contributed by atoms with Crippen LogP contribution < -0.4 is 14.8 Å². The normalized spacial score (nSPS) is 16.0. The fourth-order valence-electron chi connectivity index (χ4n) is 3.12. The molecule has 1 aliphatic heterocycles. The number of hydrogen-bond donors (Lipinski definition) is 1. The molecule has 0 radical (unpaired) electrons. The topological polar surface area (TPSA) is 50.8 Å². The summed E-state index contributed by atoms with van der Waals surface area (Å²) < 4.78 is 10.9. The van der Waals surface area contributed by atoms with Crippen LogP contribution in [0.3, 0.4) is 0 Å². The highest BCUT2D eigenvalue weighted by atomic mass is 16.5. The van der Waals surface area contributed by atoms with Crippen molar-refractivity contribution in [3.63, 3.8) is 0 Å². The fraction of sp³-hybridized carbons (Fsp3) is 0.350. The lowest BCUT2D eigenvalue weighted by Gasteiger charge is -2.27. The van der Waals surface area contributed by atoms with E-state index in [1.165, 1.54) is 0 Å². The molecule has 0 bridgehead atoms. The number of benzene rings is 2. The van der Waals surface area contributed by atoms with Crippen LogP contribution in [0.2, 0.25) is 0 Å². The Kier molecular flexibility index (Phi) is 5.56. The smallest absolute Gasteiger partial charge is 0.234 e. The molecule has 0 fully saturated rings. The van der Waals surface area contributed by atoms with E-state index in [1.54, 1.807) is 7.11 Å². The van der Waals surface area contributed by atoms with Gasteiger partial charge < -0.3 is 14.8 Å². The van der Waals surface area contributed by atoms with E-state index in [0.29, 0.717) is 19.7 Å². The summed E-state index contributed by atoms with van der Waals surface area (Å²) in [6, 6.07) is 15.8. The number of hydrogen-bond acceptors (Lipinski definition) is 4. The number of para-hydroxylation sites is 1. The van der Waals surface area contributed by atoms with Gasteiger partial charge in [0, 0.05) is 18.5 Å². The van der Waals surface area contributed by atoms with E-state index in [9.17, 15) is 4.79 Å². The number of nitrogens with zero attached hydrogens (tertiary/aromatic N) is 1. The van der Waals surface area contributed by atoms with Crippen molar-refractivity contribution in [2.45, 2.75) is 19.0 Å². The van der Waals surface area contributed by atoms with E-state index in [-0.39, 0.29) is 11.9 Å². The van der Waals surface area contributed by atoms with E-state index < -0.39 is 0 Å². The second-order valence-corrected chi connectivity index (χ2v) is 6.32. The molecule has 2 aromatic carbocycles. The number of carbonyl (C=O) groups is 1. The summed E-state index contributed by atoms with van der Waals surface area (Å²) in [5.74, 6) is 1.71. The first-order chi connectivity index (χ1) is 12.2. The van der Waals surface area contributed by atoms with Crippen LogP contribution in [0.4, 0.5) is 0 Å². The van der Waals surface area contributed by atoms with Gasteiger partial charge in [-0.05, 0) is 30.8 Å². The summed E-state index contributed by atoms with van der Waals surface area (Å²) in [6.07, 6.45) is 0.794. The molecule has 0 saturated heterocycles. The zero-order valence-electron chi connectivity index (χ0n) is 14.7. The van der Waals surface area contributed by atoms with Gasteiger partial charge in [-0.15, -0.1) is 0 Å². The molecular weight excluding hydrogens is 316 g/mol. The Morgan fingerprint density at radius 3 is 2.96 bits per heavy atom. The van der Waals surface area contributed by atoms with Crippen LogP contribution in [0.5, 0.6) is 11.5 Å². The van der Waals surface area contributed by atoms with Crippen LogP contribution in [0.1, 0.15) is 23.6 Å². The molecule has 0 saturated carbocycles. The Labute approximate surface area is 148 Å². The van der Waals surface area contributed by atoms with Gasteiger partial charge in [0.15, 0.2) is 0 Å². The number of carbonyl (C=O) groups excluding carboxylic acids is 1. The average Bonchev–Trinajstić information content (AvgIpc) is 2.62. The summed E-state index contributed by atoms with van der Waals surface area (Å²) in [6.45, 7) is 1.66. The summed E-state index contributed by atoms with van der Waals surface area (Å²) in [7, 11) is 3.60. The number of nitrogens with one attached hydrogen (secondary N) is 1. The number of amides is 1. The summed E-state index contributed by atoms with van der Waals surface area (Å²) in [5.41, 5.74) is 2.17. The molecule has 1 N–H and O–H groups in total. The summed E-state index contributed by atoms with van der Waals surface area (Å²) >= 11 is 0. The molecule has 1 aliphatic rings. The van der Waals surface area contributed by atoms with Gasteiger partial charge in [-0.25, -0.2) is 0 Å². The minimum absolute atomic E-state index is 0.0164. The maximum atomic E-state index is 12.4. The highest BCUT2D eigenvalue weighted by molar-refractivity contribution is 5.78. The van der Waals surface area contributed by atoms with Crippen molar-refractivity contribution in [3.8, 4) is 11.5 Å². The van der Waals surface area contributed by atoms with Crippen molar-refractivity contribution >= 4 is 5.91 Å². The first-order valence-electron chi connectivity index (χ1n) is 8.48. The second kappa shape index (κ2) is 8.03. The predicted octanol–water partition coefficient (Wildman–Crippen LogP) is 2.77. The van der Waals surface area contributed by atoms with E-state index in [4.69, 9.17) is 9.47 Å². The Morgan fingerprint density at radius 1 is 1.28 bits per heavy atom. The molecule has 25 heavy (non-hydrogen) atoms. The van der Waals surface area contributed by atoms with Gasteiger partial charge in [0.2, 0.25) is 5.91 Å². The Morgan fingerprint density at radius 2 is 2.12 bits per heavy atom. The summed E-state index contributed by atoms with van der Waals surface area (Å²) in [5, 5.41) is 3.13. The highest BCUT2D eigenvalue weighted by Crippen LogP contribution is 2.31. The fourth-order valence-corrected chi connectivity index (χ4v) is 3.12. The highest BCUT2D eigenvalue weighted by Gasteiger charge is 2.22. The molecule has 5 nitrogen and oxygen atoms in total. The first-order valence-corrected chi connectivity index (χ1v) is 8.48. The molecule has 2 aromatic rings. The van der Waals surface area contributed by atoms with Crippen LogP contribution in [0.25, 0.3) is 0 Å². The number of fused-ring (bicyclic) bond motifs is 1. The van der Waals surface area contributed by atoms with E-state index in [2.05, 4.69) is 5.32 Å². The Bertz CT molecular complexity index is 732. The monoisotopic (exact) mass is 340 g/mol. The minimum Gasteiger partial charge on any atom is -0.497 e. The third kappa shape index (κ3) is 4.51. The van der Waals surface area contributed by atoms with Crippen molar-refractivity contribution in [2.75, 3.05) is 27.3 Å². The molecule has 1 unspecified atom stereocenters. The van der Waals surface area contributed by atoms with Crippen LogP contribution >= 0.6 is 0 Å². The van der Waals surface area contributed by atoms with Gasteiger partial charge in [0.25, 0.3) is 0 Å². The molecule has 1 heterocycles. The van der Waals surface area contributed by atoms with Gasteiger partial charge in [0.05, 0.1) is 26.3 Å². The van der Waals surface area contributed by atoms with Gasteiger partial charge >= 0.3 is 0 Å². The van der Waals surface area contributed by atoms with Gasteiger partial charge in [-0.3, -0.25) is 9.69 Å². The molecule has 132 valence electrons. The zero-order chi connectivity index (χ0) is 17.6. The number of methoxy groups -OCH3 is 1. The zero-order valence-corrected chi connectivity index (χ0v) is 14.7. The van der Waals surface area contributed by atoms with Crippen molar-refractivity contribution in [1.82, 2.24) is 10.2 Å². The van der Waals surface area contributed by atoms with Crippen LogP contribution in [0.15, 0.2) is 48.5 Å². The maximum Gasteiger partial charge on any atom is 0.234 e. The van der Waals surface area contributed by atoms with E-state index in [1.807, 2.05) is 60.5 Å². The second-order valence-electron chi connectivity index (χ2n) is 6.32. The third-order valence-corrected chi connectivity index (χ3v) is 4.29.